The molecular weight excluding hydrogens is 336 g/mol. The number of anilines is 1. The van der Waals surface area contributed by atoms with Gasteiger partial charge in [-0.2, -0.15) is 0 Å². The van der Waals surface area contributed by atoms with Gasteiger partial charge < -0.3 is 0 Å². The largest absolute Gasteiger partial charge is 0.300 e. The zero-order valence-electron chi connectivity index (χ0n) is 11.9. The molecule has 1 N–H and O–H groups in total. The van der Waals surface area contributed by atoms with Crippen LogP contribution in [0.4, 0.5) is 5.13 Å². The van der Waals surface area contributed by atoms with Gasteiger partial charge in [-0.25, -0.2) is 0 Å². The molecule has 3 rings (SSSR count). The van der Waals surface area contributed by atoms with Crippen LogP contribution in [0.1, 0.15) is 5.56 Å². The Hall–Kier alpha value is -1.38. The van der Waals surface area contributed by atoms with Crippen LogP contribution in [0.5, 0.6) is 0 Å². The topological polar surface area (TPSA) is 67.2 Å². The second kappa shape index (κ2) is 7.26. The van der Waals surface area contributed by atoms with Crippen molar-refractivity contribution in [2.75, 3.05) is 23.4 Å². The van der Waals surface area contributed by atoms with E-state index in [1.165, 1.54) is 28.7 Å². The summed E-state index contributed by atoms with van der Waals surface area (Å²) < 4.78 is 0.993. The molecule has 1 aliphatic rings. The first-order valence-corrected chi connectivity index (χ1v) is 9.50. The van der Waals surface area contributed by atoms with Crippen molar-refractivity contribution in [3.05, 3.63) is 29.8 Å². The van der Waals surface area contributed by atoms with E-state index in [0.717, 1.165) is 27.2 Å². The summed E-state index contributed by atoms with van der Waals surface area (Å²) >= 11 is 4.55. The molecule has 0 unspecified atom stereocenters. The summed E-state index contributed by atoms with van der Waals surface area (Å²) in [5, 5.41) is 12.3. The molecule has 1 aromatic heterocycles. The number of hydrogen-bond acceptors (Lipinski definition) is 7. The smallest absolute Gasteiger partial charge is 0.236 e. The number of aliphatic imine (C=N–C) groups is 1. The molecule has 114 valence electrons. The van der Waals surface area contributed by atoms with Gasteiger partial charge in [-0.3, -0.25) is 15.1 Å². The van der Waals surface area contributed by atoms with Crippen LogP contribution in [0.2, 0.25) is 0 Å². The van der Waals surface area contributed by atoms with Crippen LogP contribution in [-0.4, -0.2) is 38.5 Å². The van der Waals surface area contributed by atoms with E-state index < -0.39 is 0 Å². The van der Waals surface area contributed by atoms with Gasteiger partial charge in [0.15, 0.2) is 0 Å². The molecule has 0 bridgehead atoms. The first kappa shape index (κ1) is 15.5. The minimum Gasteiger partial charge on any atom is -0.300 e. The van der Waals surface area contributed by atoms with Crippen molar-refractivity contribution in [2.24, 2.45) is 4.99 Å². The Morgan fingerprint density at radius 3 is 2.86 bits per heavy atom. The number of nitrogens with zero attached hydrogens (tertiary/aromatic N) is 3. The third-order valence-electron chi connectivity index (χ3n) is 2.85. The zero-order chi connectivity index (χ0) is 15.4. The van der Waals surface area contributed by atoms with E-state index in [-0.39, 0.29) is 5.91 Å². The number of amides is 1. The quantitative estimate of drug-likeness (QED) is 0.916. The minimum absolute atomic E-state index is 0.0770. The Kier molecular flexibility index (Phi) is 5.12. The van der Waals surface area contributed by atoms with Crippen LogP contribution in [-0.2, 0) is 4.79 Å². The Balaban J connectivity index is 1.56. The van der Waals surface area contributed by atoms with E-state index in [2.05, 4.69) is 20.5 Å². The van der Waals surface area contributed by atoms with Crippen LogP contribution < -0.4 is 5.32 Å². The minimum atomic E-state index is -0.0770. The first-order valence-electron chi connectivity index (χ1n) is 6.71. The number of carbonyl (C=O) groups excluding carboxylic acids is 1. The first-order chi connectivity index (χ1) is 10.7. The average Bonchev–Trinajstić information content (AvgIpc) is 3.17. The maximum absolute atomic E-state index is 11.9. The summed E-state index contributed by atoms with van der Waals surface area (Å²) in [6.45, 7) is 2.89. The fourth-order valence-corrected chi connectivity index (χ4v) is 4.35. The molecule has 1 amide bonds. The highest BCUT2D eigenvalue weighted by atomic mass is 32.2. The number of benzene rings is 1. The Morgan fingerprint density at radius 1 is 1.32 bits per heavy atom. The summed E-state index contributed by atoms with van der Waals surface area (Å²) in [5.41, 5.74) is 2.21. The summed E-state index contributed by atoms with van der Waals surface area (Å²) in [6.07, 6.45) is 0. The van der Waals surface area contributed by atoms with Gasteiger partial charge in [0.25, 0.3) is 0 Å². The van der Waals surface area contributed by atoms with Crippen molar-refractivity contribution in [3.63, 3.8) is 0 Å². The van der Waals surface area contributed by atoms with Crippen molar-refractivity contribution < 1.29 is 4.79 Å². The second-order valence-electron chi connectivity index (χ2n) is 4.61. The van der Waals surface area contributed by atoms with Crippen LogP contribution in [0.3, 0.4) is 0 Å². The standard InChI is InChI=1S/C14H14N4OS3/c1-9-2-4-10(5-3-9)12-17-18-13(22-12)16-11(19)8-21-14-15-6-7-20-14/h2-5H,6-8H2,1H3,(H,16,18,19). The third-order valence-corrected chi connectivity index (χ3v) is 5.99. The lowest BCUT2D eigenvalue weighted by Crippen LogP contribution is -2.14. The normalized spacial score (nSPS) is 14.0. The molecular formula is C14H14N4OS3. The fraction of sp³-hybridized carbons (Fsp3) is 0.286. The fourth-order valence-electron chi connectivity index (χ4n) is 1.77. The monoisotopic (exact) mass is 350 g/mol. The highest BCUT2D eigenvalue weighted by molar-refractivity contribution is 8.39. The van der Waals surface area contributed by atoms with Gasteiger partial charge in [0, 0.05) is 11.3 Å². The van der Waals surface area contributed by atoms with E-state index in [1.807, 2.05) is 31.2 Å². The lowest BCUT2D eigenvalue weighted by Gasteiger charge is -2.00. The Morgan fingerprint density at radius 2 is 2.14 bits per heavy atom. The number of carbonyl (C=O) groups is 1. The molecule has 0 atom stereocenters. The number of aromatic nitrogens is 2. The van der Waals surface area contributed by atoms with E-state index in [9.17, 15) is 4.79 Å². The molecule has 0 radical (unpaired) electrons. The number of nitrogens with one attached hydrogen (secondary N) is 1. The van der Waals surface area contributed by atoms with Gasteiger partial charge >= 0.3 is 0 Å². The van der Waals surface area contributed by atoms with Crippen molar-refractivity contribution in [2.45, 2.75) is 6.92 Å². The summed E-state index contributed by atoms with van der Waals surface area (Å²) in [7, 11) is 0. The van der Waals surface area contributed by atoms with Crippen LogP contribution in [0.25, 0.3) is 10.6 Å². The molecule has 0 spiro atoms. The SMILES string of the molecule is Cc1ccc(-c2nnc(NC(=O)CSC3=NCCS3)s2)cc1. The molecule has 0 saturated heterocycles. The predicted molar refractivity (Wildman–Crippen MR) is 95.9 cm³/mol. The van der Waals surface area contributed by atoms with Gasteiger partial charge in [-0.15, -0.1) is 10.2 Å². The van der Waals surface area contributed by atoms with Crippen molar-refractivity contribution in [3.8, 4) is 10.6 Å². The summed E-state index contributed by atoms with van der Waals surface area (Å²) in [4.78, 5) is 16.2. The maximum atomic E-state index is 11.9. The average molecular weight is 350 g/mol. The molecule has 1 aromatic carbocycles. The van der Waals surface area contributed by atoms with E-state index in [0.29, 0.717) is 10.9 Å². The van der Waals surface area contributed by atoms with Crippen molar-refractivity contribution in [1.29, 1.82) is 0 Å². The molecule has 2 aromatic rings. The number of aryl methyl sites for hydroxylation is 1. The van der Waals surface area contributed by atoms with Crippen LogP contribution in [0.15, 0.2) is 29.3 Å². The zero-order valence-corrected chi connectivity index (χ0v) is 14.4. The highest BCUT2D eigenvalue weighted by Gasteiger charge is 2.13. The van der Waals surface area contributed by atoms with Crippen LogP contribution in [0, 0.1) is 6.92 Å². The van der Waals surface area contributed by atoms with Gasteiger partial charge in [0.2, 0.25) is 11.0 Å². The van der Waals surface area contributed by atoms with Gasteiger partial charge in [-0.1, -0.05) is 64.7 Å². The molecule has 0 fully saturated rings. The van der Waals surface area contributed by atoms with E-state index in [1.54, 1.807) is 11.8 Å². The maximum Gasteiger partial charge on any atom is 0.236 e. The molecule has 8 heteroatoms. The van der Waals surface area contributed by atoms with Gasteiger partial charge in [0.1, 0.15) is 9.38 Å². The molecule has 2 heterocycles. The lowest BCUT2D eigenvalue weighted by molar-refractivity contribution is -0.113. The third kappa shape index (κ3) is 4.08. The highest BCUT2D eigenvalue weighted by Crippen LogP contribution is 2.27. The number of thioether (sulfide) groups is 2. The molecule has 0 saturated carbocycles. The summed E-state index contributed by atoms with van der Waals surface area (Å²) in [5.74, 6) is 1.29. The predicted octanol–water partition coefficient (Wildman–Crippen LogP) is 3.29. The van der Waals surface area contributed by atoms with Crippen molar-refractivity contribution in [1.82, 2.24) is 10.2 Å². The molecule has 1 aliphatic heterocycles. The molecule has 0 aliphatic carbocycles. The Bertz CT molecular complexity index is 696. The van der Waals surface area contributed by atoms with E-state index >= 15 is 0 Å². The molecule has 5 nitrogen and oxygen atoms in total. The number of rotatable bonds is 4. The summed E-state index contributed by atoms with van der Waals surface area (Å²) in [6, 6.07) is 8.08. The van der Waals surface area contributed by atoms with E-state index in [4.69, 9.17) is 0 Å². The van der Waals surface area contributed by atoms with Gasteiger partial charge in [-0.05, 0) is 6.92 Å². The molecule has 22 heavy (non-hydrogen) atoms. The Labute approximate surface area is 141 Å². The second-order valence-corrected chi connectivity index (χ2v) is 7.89. The van der Waals surface area contributed by atoms with Gasteiger partial charge in [0.05, 0.1) is 12.3 Å². The lowest BCUT2D eigenvalue weighted by atomic mass is 10.2. The van der Waals surface area contributed by atoms with Crippen molar-refractivity contribution >= 4 is 50.3 Å². The number of hydrogen-bond donors (Lipinski definition) is 1. The van der Waals surface area contributed by atoms with Crippen LogP contribution >= 0.6 is 34.9 Å².